The Bertz CT molecular complexity index is 447. The van der Waals surface area contributed by atoms with Crippen LogP contribution in [0, 0.1) is 11.8 Å². The van der Waals surface area contributed by atoms with Crippen molar-refractivity contribution in [2.24, 2.45) is 11.8 Å². The van der Waals surface area contributed by atoms with E-state index in [0.29, 0.717) is 11.4 Å². The van der Waals surface area contributed by atoms with E-state index in [2.05, 4.69) is 17.3 Å². The van der Waals surface area contributed by atoms with Gasteiger partial charge < -0.3 is 11.1 Å². The van der Waals surface area contributed by atoms with Crippen LogP contribution in [0.2, 0.25) is 0 Å². The monoisotopic (exact) mass is 278 g/mol. The van der Waals surface area contributed by atoms with Gasteiger partial charge in [0.1, 0.15) is 0 Å². The molecule has 0 unspecified atom stereocenters. The van der Waals surface area contributed by atoms with Crippen molar-refractivity contribution < 1.29 is 4.79 Å². The lowest BCUT2D eigenvalue weighted by Crippen LogP contribution is -2.28. The van der Waals surface area contributed by atoms with E-state index < -0.39 is 0 Å². The highest BCUT2D eigenvalue weighted by atomic mass is 16.1. The number of nitrogens with one attached hydrogen (secondary N) is 1. The summed E-state index contributed by atoms with van der Waals surface area (Å²) in [4.78, 5) is 12.0. The molecule has 1 aliphatic rings. The van der Waals surface area contributed by atoms with Gasteiger partial charge >= 0.3 is 0 Å². The van der Waals surface area contributed by atoms with Gasteiger partial charge in [-0.05, 0) is 25.2 Å². The van der Waals surface area contributed by atoms with E-state index in [1.165, 1.54) is 25.7 Å². The van der Waals surface area contributed by atoms with Gasteiger partial charge in [-0.15, -0.1) is 0 Å². The maximum atomic E-state index is 12.0. The van der Waals surface area contributed by atoms with E-state index in [-0.39, 0.29) is 5.91 Å². The van der Waals surface area contributed by atoms with E-state index in [4.69, 9.17) is 5.73 Å². The molecule has 0 aromatic carbocycles. The summed E-state index contributed by atoms with van der Waals surface area (Å²) in [6.45, 7) is 5.73. The smallest absolute Gasteiger partial charge is 0.273 e. The highest BCUT2D eigenvalue weighted by Crippen LogP contribution is 2.29. The number of amides is 1. The average Bonchev–Trinajstić information content (AvgIpc) is 2.82. The van der Waals surface area contributed by atoms with E-state index in [9.17, 15) is 4.79 Å². The van der Waals surface area contributed by atoms with Crippen LogP contribution in [0.4, 0.5) is 5.69 Å². The summed E-state index contributed by atoms with van der Waals surface area (Å²) in [5.41, 5.74) is 6.61. The number of aromatic nitrogens is 2. The minimum Gasteiger partial charge on any atom is -0.396 e. The van der Waals surface area contributed by atoms with Gasteiger partial charge in [0.15, 0.2) is 5.69 Å². The number of nitrogens with two attached hydrogens (primary N) is 1. The summed E-state index contributed by atoms with van der Waals surface area (Å²) >= 11 is 0. The van der Waals surface area contributed by atoms with Crippen molar-refractivity contribution in [3.63, 3.8) is 0 Å². The van der Waals surface area contributed by atoms with E-state index in [0.717, 1.165) is 31.3 Å². The largest absolute Gasteiger partial charge is 0.396 e. The van der Waals surface area contributed by atoms with E-state index in [1.54, 1.807) is 10.9 Å². The summed E-state index contributed by atoms with van der Waals surface area (Å²) in [5, 5.41) is 7.12. The van der Waals surface area contributed by atoms with Gasteiger partial charge in [-0.1, -0.05) is 32.6 Å². The fourth-order valence-corrected chi connectivity index (χ4v) is 2.87. The number of carbonyl (C=O) groups is 1. The van der Waals surface area contributed by atoms with Crippen molar-refractivity contribution in [1.82, 2.24) is 15.1 Å². The van der Waals surface area contributed by atoms with Crippen LogP contribution in [0.15, 0.2) is 6.20 Å². The number of aryl methyl sites for hydroxylation is 1. The van der Waals surface area contributed by atoms with Crippen LogP contribution in [-0.4, -0.2) is 22.2 Å². The first-order valence-corrected chi connectivity index (χ1v) is 7.71. The van der Waals surface area contributed by atoms with Crippen molar-refractivity contribution in [1.29, 1.82) is 0 Å². The summed E-state index contributed by atoms with van der Waals surface area (Å²) in [5.74, 6) is 1.48. The van der Waals surface area contributed by atoms with Crippen molar-refractivity contribution in [2.45, 2.75) is 52.5 Å². The quantitative estimate of drug-likeness (QED) is 0.868. The molecule has 1 heterocycles. The first-order valence-electron chi connectivity index (χ1n) is 7.71. The third-order valence-corrected chi connectivity index (χ3v) is 4.30. The highest BCUT2D eigenvalue weighted by Gasteiger charge is 2.19. The molecular formula is C15H26N4O. The Labute approximate surface area is 120 Å². The van der Waals surface area contributed by atoms with Crippen molar-refractivity contribution >= 4 is 11.6 Å². The molecule has 112 valence electrons. The minimum absolute atomic E-state index is 0.154. The zero-order valence-corrected chi connectivity index (χ0v) is 12.6. The molecule has 5 heteroatoms. The molecule has 0 radical (unpaired) electrons. The topological polar surface area (TPSA) is 72.9 Å². The molecule has 1 amide bonds. The molecule has 20 heavy (non-hydrogen) atoms. The second kappa shape index (κ2) is 6.77. The summed E-state index contributed by atoms with van der Waals surface area (Å²) in [6, 6.07) is 0. The Balaban J connectivity index is 1.76. The minimum atomic E-state index is -0.154. The fourth-order valence-electron chi connectivity index (χ4n) is 2.87. The van der Waals surface area contributed by atoms with Gasteiger partial charge in [0.2, 0.25) is 0 Å². The molecule has 0 atom stereocenters. The third-order valence-electron chi connectivity index (χ3n) is 4.30. The number of hydrogen-bond acceptors (Lipinski definition) is 3. The lowest BCUT2D eigenvalue weighted by molar-refractivity contribution is 0.0944. The highest BCUT2D eigenvalue weighted by molar-refractivity contribution is 5.96. The van der Waals surface area contributed by atoms with Crippen LogP contribution < -0.4 is 11.1 Å². The van der Waals surface area contributed by atoms with Gasteiger partial charge in [0, 0.05) is 19.3 Å². The molecule has 0 bridgehead atoms. The molecule has 0 aliphatic heterocycles. The number of nitrogen functional groups attached to an aromatic ring is 1. The first kappa shape index (κ1) is 14.9. The zero-order valence-electron chi connectivity index (χ0n) is 12.6. The fraction of sp³-hybridized carbons (Fsp3) is 0.733. The Morgan fingerprint density at radius 2 is 2.15 bits per heavy atom. The average molecular weight is 278 g/mol. The van der Waals surface area contributed by atoms with Crippen LogP contribution in [0.5, 0.6) is 0 Å². The third kappa shape index (κ3) is 3.74. The van der Waals surface area contributed by atoms with Gasteiger partial charge in [-0.3, -0.25) is 9.48 Å². The molecule has 2 rings (SSSR count). The maximum Gasteiger partial charge on any atom is 0.273 e. The Hall–Kier alpha value is -1.52. The van der Waals surface area contributed by atoms with Gasteiger partial charge in [-0.25, -0.2) is 0 Å². The first-order chi connectivity index (χ1) is 9.60. The second-order valence-electron chi connectivity index (χ2n) is 5.96. The lowest BCUT2D eigenvalue weighted by Gasteiger charge is -2.26. The summed E-state index contributed by atoms with van der Waals surface area (Å²) < 4.78 is 1.69. The Morgan fingerprint density at radius 1 is 1.45 bits per heavy atom. The summed E-state index contributed by atoms with van der Waals surface area (Å²) in [6.07, 6.45) is 8.01. The van der Waals surface area contributed by atoms with E-state index >= 15 is 0 Å². The normalized spacial score (nSPS) is 22.7. The van der Waals surface area contributed by atoms with Crippen molar-refractivity contribution in [3.8, 4) is 0 Å². The van der Waals surface area contributed by atoms with Gasteiger partial charge in [0.05, 0.1) is 5.69 Å². The van der Waals surface area contributed by atoms with Crippen molar-refractivity contribution in [3.05, 3.63) is 11.9 Å². The predicted octanol–water partition coefficient (Wildman–Crippen LogP) is 2.43. The number of anilines is 1. The maximum absolute atomic E-state index is 12.0. The molecule has 0 saturated heterocycles. The predicted molar refractivity (Wildman–Crippen MR) is 80.4 cm³/mol. The second-order valence-corrected chi connectivity index (χ2v) is 5.96. The SMILES string of the molecule is CCn1cc(N)c(C(=O)NCCC2CCC(C)CC2)n1. The zero-order chi connectivity index (χ0) is 14.5. The Kier molecular flexibility index (Phi) is 5.04. The van der Waals surface area contributed by atoms with Crippen LogP contribution in [0.3, 0.4) is 0 Å². The standard InChI is InChI=1S/C15H26N4O/c1-3-19-10-13(16)14(18-19)15(20)17-9-8-12-6-4-11(2)5-7-12/h10-12H,3-9,16H2,1-2H3,(H,17,20). The molecular weight excluding hydrogens is 252 g/mol. The molecule has 1 aromatic heterocycles. The summed E-state index contributed by atoms with van der Waals surface area (Å²) in [7, 11) is 0. The van der Waals surface area contributed by atoms with Gasteiger partial charge in [-0.2, -0.15) is 5.10 Å². The molecule has 1 aliphatic carbocycles. The number of hydrogen-bond donors (Lipinski definition) is 2. The van der Waals surface area contributed by atoms with E-state index in [1.807, 2.05) is 6.92 Å². The molecule has 0 spiro atoms. The number of carbonyl (C=O) groups excluding carboxylic acids is 1. The molecule has 1 fully saturated rings. The Morgan fingerprint density at radius 3 is 2.75 bits per heavy atom. The molecule has 3 N–H and O–H groups in total. The van der Waals surface area contributed by atoms with Crippen molar-refractivity contribution in [2.75, 3.05) is 12.3 Å². The van der Waals surface area contributed by atoms with Crippen LogP contribution in [0.1, 0.15) is 56.4 Å². The lowest BCUT2D eigenvalue weighted by atomic mass is 9.81. The molecule has 5 nitrogen and oxygen atoms in total. The van der Waals surface area contributed by atoms with Crippen LogP contribution in [-0.2, 0) is 6.54 Å². The van der Waals surface area contributed by atoms with Crippen LogP contribution >= 0.6 is 0 Å². The number of nitrogens with zero attached hydrogens (tertiary/aromatic N) is 2. The van der Waals surface area contributed by atoms with Crippen LogP contribution in [0.25, 0.3) is 0 Å². The van der Waals surface area contributed by atoms with Gasteiger partial charge in [0.25, 0.3) is 5.91 Å². The molecule has 1 aromatic rings. The molecule has 1 saturated carbocycles. The number of rotatable bonds is 5.